The van der Waals surface area contributed by atoms with Crippen LogP contribution in [0.5, 0.6) is 11.5 Å². The second-order valence-corrected chi connectivity index (χ2v) is 3.98. The summed E-state index contributed by atoms with van der Waals surface area (Å²) in [6.07, 6.45) is -0.246. The van der Waals surface area contributed by atoms with Crippen LogP contribution < -0.4 is 9.47 Å². The maximum absolute atomic E-state index is 11.5. The van der Waals surface area contributed by atoms with E-state index in [9.17, 15) is 19.7 Å². The highest BCUT2D eigenvalue weighted by Crippen LogP contribution is 2.35. The molecule has 1 aromatic rings. The molecule has 0 radical (unpaired) electrons. The number of carbonyl (C=O) groups is 2. The van der Waals surface area contributed by atoms with E-state index >= 15 is 0 Å². The third-order valence-corrected chi connectivity index (χ3v) is 2.72. The summed E-state index contributed by atoms with van der Waals surface area (Å²) in [6.45, 7) is 1.69. The number of nitro benzene ring substituents is 1. The maximum atomic E-state index is 11.5. The van der Waals surface area contributed by atoms with Gasteiger partial charge in [0.05, 0.1) is 30.8 Å². The Morgan fingerprint density at radius 2 is 2.10 bits per heavy atom. The van der Waals surface area contributed by atoms with Gasteiger partial charge in [0.1, 0.15) is 0 Å². The topological polar surface area (TPSA) is 105 Å². The van der Waals surface area contributed by atoms with Crippen LogP contribution in [0.3, 0.4) is 0 Å². The molecule has 21 heavy (non-hydrogen) atoms. The summed E-state index contributed by atoms with van der Waals surface area (Å²) in [6, 6.07) is 2.17. The van der Waals surface area contributed by atoms with Crippen molar-refractivity contribution in [2.75, 3.05) is 14.2 Å². The Morgan fingerprint density at radius 3 is 2.52 bits per heavy atom. The molecule has 0 fully saturated rings. The van der Waals surface area contributed by atoms with Crippen molar-refractivity contribution in [3.05, 3.63) is 27.8 Å². The van der Waals surface area contributed by atoms with E-state index in [0.717, 1.165) is 12.1 Å². The number of hydrogen-bond acceptors (Lipinski definition) is 7. The lowest BCUT2D eigenvalue weighted by atomic mass is 10.1. The molecule has 0 saturated heterocycles. The average molecular weight is 297 g/mol. The smallest absolute Gasteiger partial charge is 0.347 e. The van der Waals surface area contributed by atoms with Crippen LogP contribution in [0, 0.1) is 10.1 Å². The van der Waals surface area contributed by atoms with Crippen LogP contribution in [0.2, 0.25) is 0 Å². The third-order valence-electron chi connectivity index (χ3n) is 2.72. The number of methoxy groups -OCH3 is 2. The van der Waals surface area contributed by atoms with Gasteiger partial charge in [-0.05, 0) is 6.42 Å². The van der Waals surface area contributed by atoms with Crippen molar-refractivity contribution >= 4 is 17.9 Å². The molecule has 0 aliphatic carbocycles. The van der Waals surface area contributed by atoms with E-state index in [1.165, 1.54) is 14.2 Å². The number of benzene rings is 1. The minimum absolute atomic E-state index is 0.00588. The predicted octanol–water partition coefficient (Wildman–Crippen LogP) is 1.75. The lowest BCUT2D eigenvalue weighted by Gasteiger charge is -2.18. The second-order valence-electron chi connectivity index (χ2n) is 3.98. The van der Waals surface area contributed by atoms with E-state index in [-0.39, 0.29) is 22.7 Å². The molecule has 1 atom stereocenters. The van der Waals surface area contributed by atoms with E-state index < -0.39 is 17.0 Å². The molecule has 0 saturated carbocycles. The highest BCUT2D eigenvalue weighted by molar-refractivity contribution is 5.83. The van der Waals surface area contributed by atoms with E-state index in [0.29, 0.717) is 12.7 Å². The first-order valence-electron chi connectivity index (χ1n) is 6.04. The molecule has 0 N–H and O–H groups in total. The Balaban J connectivity index is 3.30. The molecule has 0 amide bonds. The number of non-ortho nitro benzene ring substituents is 1. The molecule has 0 bridgehead atoms. The Kier molecular flexibility index (Phi) is 5.65. The summed E-state index contributed by atoms with van der Waals surface area (Å²) in [5.74, 6) is -0.654. The zero-order chi connectivity index (χ0) is 16.0. The molecule has 0 aliphatic rings. The Labute approximate surface area is 120 Å². The molecule has 1 rings (SSSR count). The van der Waals surface area contributed by atoms with Crippen LogP contribution in [0.1, 0.15) is 23.7 Å². The Bertz CT molecular complexity index is 556. The standard InChI is InChI=1S/C13H15NO7/c1-4-10(13(16)20-3)21-12-8(7-15)5-9(14(17)18)6-11(12)19-2/h5-7,10H,4H2,1-3H3. The molecule has 8 heteroatoms. The number of carbonyl (C=O) groups excluding carboxylic acids is 2. The van der Waals surface area contributed by atoms with E-state index in [4.69, 9.17) is 9.47 Å². The number of nitrogens with zero attached hydrogens (tertiary/aromatic N) is 1. The Morgan fingerprint density at radius 1 is 1.43 bits per heavy atom. The number of rotatable bonds is 7. The third kappa shape index (κ3) is 3.68. The van der Waals surface area contributed by atoms with Crippen LogP contribution in [-0.2, 0) is 9.53 Å². The molecule has 8 nitrogen and oxygen atoms in total. The van der Waals surface area contributed by atoms with Crippen LogP contribution in [0.4, 0.5) is 5.69 Å². The monoisotopic (exact) mass is 297 g/mol. The fourth-order valence-corrected chi connectivity index (χ4v) is 1.65. The highest BCUT2D eigenvalue weighted by atomic mass is 16.6. The first-order valence-corrected chi connectivity index (χ1v) is 6.04. The summed E-state index contributed by atoms with van der Waals surface area (Å²) in [5.41, 5.74) is -0.393. The Hall–Kier alpha value is -2.64. The summed E-state index contributed by atoms with van der Waals surface area (Å²) in [5, 5.41) is 10.8. The van der Waals surface area contributed by atoms with E-state index in [2.05, 4.69) is 4.74 Å². The molecular weight excluding hydrogens is 282 g/mol. The SMILES string of the molecule is CCC(Oc1c(C=O)cc([N+](=O)[O-])cc1OC)C(=O)OC. The van der Waals surface area contributed by atoms with Gasteiger partial charge in [-0.2, -0.15) is 0 Å². The zero-order valence-corrected chi connectivity index (χ0v) is 11.8. The predicted molar refractivity (Wildman–Crippen MR) is 71.8 cm³/mol. The molecular formula is C13H15NO7. The number of aldehydes is 1. The second kappa shape index (κ2) is 7.22. The van der Waals surface area contributed by atoms with Crippen molar-refractivity contribution < 1.29 is 28.7 Å². The molecule has 114 valence electrons. The van der Waals surface area contributed by atoms with Crippen molar-refractivity contribution in [2.45, 2.75) is 19.4 Å². The maximum Gasteiger partial charge on any atom is 0.347 e. The summed E-state index contributed by atoms with van der Waals surface area (Å²) >= 11 is 0. The largest absolute Gasteiger partial charge is 0.493 e. The van der Waals surface area contributed by atoms with Gasteiger partial charge in [0.25, 0.3) is 5.69 Å². The van der Waals surface area contributed by atoms with Gasteiger partial charge >= 0.3 is 5.97 Å². The first kappa shape index (κ1) is 16.4. The van der Waals surface area contributed by atoms with Gasteiger partial charge in [0.15, 0.2) is 23.9 Å². The zero-order valence-electron chi connectivity index (χ0n) is 11.8. The van der Waals surface area contributed by atoms with Crippen molar-refractivity contribution in [2.24, 2.45) is 0 Å². The van der Waals surface area contributed by atoms with Crippen LogP contribution in [0.25, 0.3) is 0 Å². The first-order chi connectivity index (χ1) is 9.98. The molecule has 0 spiro atoms. The van der Waals surface area contributed by atoms with Crippen LogP contribution in [0.15, 0.2) is 12.1 Å². The molecule has 0 aliphatic heterocycles. The quantitative estimate of drug-likeness (QED) is 0.326. The van der Waals surface area contributed by atoms with Gasteiger partial charge in [0, 0.05) is 6.07 Å². The highest BCUT2D eigenvalue weighted by Gasteiger charge is 2.25. The van der Waals surface area contributed by atoms with E-state index in [1.807, 2.05) is 0 Å². The summed E-state index contributed by atoms with van der Waals surface area (Å²) in [4.78, 5) is 32.8. The van der Waals surface area contributed by atoms with Crippen molar-refractivity contribution in [3.63, 3.8) is 0 Å². The van der Waals surface area contributed by atoms with Gasteiger partial charge in [0.2, 0.25) is 0 Å². The minimum atomic E-state index is -0.941. The van der Waals surface area contributed by atoms with Gasteiger partial charge in [-0.1, -0.05) is 6.92 Å². The van der Waals surface area contributed by atoms with Gasteiger partial charge in [-0.25, -0.2) is 4.79 Å². The summed E-state index contributed by atoms with van der Waals surface area (Å²) < 4.78 is 15.0. The fraction of sp³-hybridized carbons (Fsp3) is 0.385. The fourth-order valence-electron chi connectivity index (χ4n) is 1.65. The number of esters is 1. The van der Waals surface area contributed by atoms with Crippen molar-refractivity contribution in [1.29, 1.82) is 0 Å². The lowest BCUT2D eigenvalue weighted by molar-refractivity contribution is -0.385. The van der Waals surface area contributed by atoms with Crippen molar-refractivity contribution in [1.82, 2.24) is 0 Å². The molecule has 0 heterocycles. The summed E-state index contributed by atoms with van der Waals surface area (Å²) in [7, 11) is 2.49. The normalized spacial score (nSPS) is 11.4. The number of hydrogen-bond donors (Lipinski definition) is 0. The van der Waals surface area contributed by atoms with Gasteiger partial charge in [-0.3, -0.25) is 14.9 Å². The number of nitro groups is 1. The van der Waals surface area contributed by atoms with E-state index in [1.54, 1.807) is 6.92 Å². The lowest BCUT2D eigenvalue weighted by Crippen LogP contribution is -2.28. The van der Waals surface area contributed by atoms with Crippen molar-refractivity contribution in [3.8, 4) is 11.5 Å². The van der Waals surface area contributed by atoms with Gasteiger partial charge < -0.3 is 14.2 Å². The molecule has 0 aromatic heterocycles. The van der Waals surface area contributed by atoms with Crippen LogP contribution in [-0.4, -0.2) is 37.5 Å². The van der Waals surface area contributed by atoms with Crippen LogP contribution >= 0.6 is 0 Å². The average Bonchev–Trinajstić information content (AvgIpc) is 2.50. The molecule has 1 aromatic carbocycles. The number of ether oxygens (including phenoxy) is 3. The van der Waals surface area contributed by atoms with Gasteiger partial charge in [-0.15, -0.1) is 0 Å². The minimum Gasteiger partial charge on any atom is -0.493 e. The molecule has 1 unspecified atom stereocenters.